The molecule has 0 aliphatic carbocycles. The first-order valence-electron chi connectivity index (χ1n) is 10.5. The summed E-state index contributed by atoms with van der Waals surface area (Å²) in [6, 6.07) is 10.3. The second-order valence-corrected chi connectivity index (χ2v) is 8.67. The van der Waals surface area contributed by atoms with Crippen molar-refractivity contribution < 1.29 is 24.0 Å². The second kappa shape index (κ2) is 9.95. The van der Waals surface area contributed by atoms with Gasteiger partial charge in [-0.2, -0.15) is 0 Å². The summed E-state index contributed by atoms with van der Waals surface area (Å²) in [6.45, 7) is 4.42. The summed E-state index contributed by atoms with van der Waals surface area (Å²) >= 11 is 1.27. The number of hydrogen-bond donors (Lipinski definition) is 0. The third-order valence-electron chi connectivity index (χ3n) is 5.38. The molecule has 4 rings (SSSR count). The van der Waals surface area contributed by atoms with E-state index in [4.69, 9.17) is 9.47 Å². The zero-order valence-corrected chi connectivity index (χ0v) is 18.9. The van der Waals surface area contributed by atoms with Crippen LogP contribution in [0.4, 0.5) is 5.69 Å². The highest BCUT2D eigenvalue weighted by Crippen LogP contribution is 2.40. The Hall–Kier alpha value is -3.53. The van der Waals surface area contributed by atoms with Gasteiger partial charge in [-0.15, -0.1) is 0 Å². The third kappa shape index (κ3) is 5.46. The number of amides is 2. The fraction of sp³-hybridized carbons (Fsp3) is 0.304. The monoisotopic (exact) mass is 469 g/mol. The fourth-order valence-corrected chi connectivity index (χ4v) is 4.53. The molecule has 1 saturated heterocycles. The van der Waals surface area contributed by atoms with E-state index in [2.05, 4.69) is 0 Å². The van der Waals surface area contributed by atoms with Crippen LogP contribution in [0.2, 0.25) is 0 Å². The van der Waals surface area contributed by atoms with Crippen molar-refractivity contribution in [3.8, 4) is 11.5 Å². The zero-order valence-electron chi connectivity index (χ0n) is 18.1. The number of ether oxygens (including phenoxy) is 2. The number of fused-ring (bicyclic) bond motifs is 1. The molecular weight excluding hydrogens is 446 g/mol. The van der Waals surface area contributed by atoms with Gasteiger partial charge in [0.05, 0.1) is 9.82 Å². The van der Waals surface area contributed by atoms with E-state index in [0.29, 0.717) is 61.4 Å². The lowest BCUT2D eigenvalue weighted by Crippen LogP contribution is -2.49. The Morgan fingerprint density at radius 3 is 2.39 bits per heavy atom. The number of nitro benzene ring substituents is 1. The van der Waals surface area contributed by atoms with E-state index in [1.54, 1.807) is 40.1 Å². The van der Waals surface area contributed by atoms with Crippen LogP contribution in [-0.2, 0) is 9.59 Å². The average molecular weight is 470 g/mol. The predicted molar refractivity (Wildman–Crippen MR) is 123 cm³/mol. The van der Waals surface area contributed by atoms with Gasteiger partial charge < -0.3 is 19.3 Å². The van der Waals surface area contributed by atoms with Crippen molar-refractivity contribution in [2.45, 2.75) is 16.7 Å². The zero-order chi connectivity index (χ0) is 23.4. The number of rotatable bonds is 5. The first kappa shape index (κ1) is 22.7. The first-order chi connectivity index (χ1) is 15.9. The van der Waals surface area contributed by atoms with Crippen LogP contribution in [0.5, 0.6) is 11.5 Å². The van der Waals surface area contributed by atoms with Crippen LogP contribution < -0.4 is 9.47 Å². The van der Waals surface area contributed by atoms with Crippen LogP contribution in [0.25, 0.3) is 6.08 Å². The van der Waals surface area contributed by atoms with E-state index < -0.39 is 4.92 Å². The van der Waals surface area contributed by atoms with Gasteiger partial charge in [0, 0.05) is 50.1 Å². The molecule has 10 heteroatoms. The van der Waals surface area contributed by atoms with Crippen molar-refractivity contribution in [2.24, 2.45) is 0 Å². The Kier molecular flexibility index (Phi) is 6.83. The first-order valence-corrected chi connectivity index (χ1v) is 11.3. The molecule has 2 aromatic carbocycles. The van der Waals surface area contributed by atoms with Crippen LogP contribution in [0.1, 0.15) is 12.5 Å². The maximum Gasteiger partial charge on any atom is 0.283 e. The molecule has 0 radical (unpaired) electrons. The van der Waals surface area contributed by atoms with Gasteiger partial charge in [-0.3, -0.25) is 19.7 Å². The Labute approximate surface area is 195 Å². The normalized spacial score (nSPS) is 15.5. The minimum absolute atomic E-state index is 0.000781. The smallest absolute Gasteiger partial charge is 0.283 e. The number of piperazine rings is 1. The maximum absolute atomic E-state index is 12.5. The van der Waals surface area contributed by atoms with Gasteiger partial charge in [0.1, 0.15) is 13.2 Å². The summed E-state index contributed by atoms with van der Waals surface area (Å²) in [5.74, 6) is 1.10. The summed E-state index contributed by atoms with van der Waals surface area (Å²) in [7, 11) is 0. The molecule has 9 nitrogen and oxygen atoms in total. The van der Waals surface area contributed by atoms with Crippen molar-refractivity contribution in [2.75, 3.05) is 39.4 Å². The molecule has 1 fully saturated rings. The molecule has 0 unspecified atom stereocenters. The van der Waals surface area contributed by atoms with Crippen molar-refractivity contribution in [1.82, 2.24) is 9.80 Å². The Morgan fingerprint density at radius 1 is 1.00 bits per heavy atom. The SMILES string of the molecule is CC(=O)N1CCN(C(=O)/C=C/c2ccc(Sc3ccc4c(c3)OCCO4)c([N+](=O)[O-])c2)CC1. The molecule has 2 aromatic rings. The molecular formula is C23H23N3O6S. The summed E-state index contributed by atoms with van der Waals surface area (Å²) in [4.78, 5) is 39.8. The van der Waals surface area contributed by atoms with E-state index >= 15 is 0 Å². The van der Waals surface area contributed by atoms with Gasteiger partial charge in [0.2, 0.25) is 11.8 Å². The largest absolute Gasteiger partial charge is 0.486 e. The molecule has 2 aliphatic rings. The van der Waals surface area contributed by atoms with Crippen molar-refractivity contribution in [3.63, 3.8) is 0 Å². The van der Waals surface area contributed by atoms with Crippen molar-refractivity contribution >= 4 is 35.3 Å². The number of benzene rings is 2. The highest BCUT2D eigenvalue weighted by Gasteiger charge is 2.21. The van der Waals surface area contributed by atoms with E-state index in [-0.39, 0.29) is 17.5 Å². The summed E-state index contributed by atoms with van der Waals surface area (Å²) in [5, 5.41) is 11.7. The molecule has 0 saturated carbocycles. The minimum Gasteiger partial charge on any atom is -0.486 e. The van der Waals surface area contributed by atoms with E-state index in [0.717, 1.165) is 4.90 Å². The van der Waals surface area contributed by atoms with Gasteiger partial charge in [-0.05, 0) is 35.9 Å². The molecule has 0 N–H and O–H groups in total. The van der Waals surface area contributed by atoms with E-state index in [9.17, 15) is 19.7 Å². The maximum atomic E-state index is 12.5. The number of hydrogen-bond acceptors (Lipinski definition) is 7. The van der Waals surface area contributed by atoms with Gasteiger partial charge in [-0.1, -0.05) is 17.8 Å². The van der Waals surface area contributed by atoms with Gasteiger partial charge in [-0.25, -0.2) is 0 Å². The molecule has 0 spiro atoms. The molecule has 2 amide bonds. The molecule has 0 atom stereocenters. The van der Waals surface area contributed by atoms with Gasteiger partial charge >= 0.3 is 0 Å². The lowest BCUT2D eigenvalue weighted by atomic mass is 10.2. The highest BCUT2D eigenvalue weighted by molar-refractivity contribution is 7.99. The molecule has 0 aromatic heterocycles. The van der Waals surface area contributed by atoms with Crippen LogP contribution in [0.3, 0.4) is 0 Å². The highest BCUT2D eigenvalue weighted by atomic mass is 32.2. The predicted octanol–water partition coefficient (Wildman–Crippen LogP) is 3.22. The van der Waals surface area contributed by atoms with Crippen LogP contribution in [-0.4, -0.2) is 65.9 Å². The number of nitro groups is 1. The van der Waals surface area contributed by atoms with Crippen molar-refractivity contribution in [3.05, 3.63) is 58.2 Å². The lowest BCUT2D eigenvalue weighted by Gasteiger charge is -2.33. The van der Waals surface area contributed by atoms with E-state index in [1.165, 1.54) is 30.8 Å². The Bertz CT molecular complexity index is 1110. The van der Waals surface area contributed by atoms with Crippen molar-refractivity contribution in [1.29, 1.82) is 0 Å². The second-order valence-electron chi connectivity index (χ2n) is 7.56. The van der Waals surface area contributed by atoms with Crippen LogP contribution >= 0.6 is 11.8 Å². The summed E-state index contributed by atoms with van der Waals surface area (Å²) in [5.41, 5.74) is 0.517. The fourth-order valence-electron chi connectivity index (χ4n) is 3.60. The standard InChI is InChI=1S/C23H23N3O6S/c1-16(27)24-8-10-25(11-9-24)23(28)7-3-17-2-6-22(19(14-17)26(29)30)33-18-4-5-20-21(15-18)32-13-12-31-20/h2-7,14-15H,8-13H2,1H3/b7-3+. The van der Waals surface area contributed by atoms with E-state index in [1.807, 2.05) is 6.07 Å². The Morgan fingerprint density at radius 2 is 1.70 bits per heavy atom. The third-order valence-corrected chi connectivity index (χ3v) is 6.43. The Balaban J connectivity index is 1.45. The summed E-state index contributed by atoms with van der Waals surface area (Å²) in [6.07, 6.45) is 2.99. The van der Waals surface area contributed by atoms with Gasteiger partial charge in [0.15, 0.2) is 11.5 Å². The quantitative estimate of drug-likeness (QED) is 0.376. The molecule has 172 valence electrons. The number of carbonyl (C=O) groups is 2. The minimum atomic E-state index is -0.430. The number of carbonyl (C=O) groups excluding carboxylic acids is 2. The topological polar surface area (TPSA) is 102 Å². The lowest BCUT2D eigenvalue weighted by molar-refractivity contribution is -0.387. The molecule has 0 bridgehead atoms. The summed E-state index contributed by atoms with van der Waals surface area (Å²) < 4.78 is 11.1. The average Bonchev–Trinajstić information content (AvgIpc) is 2.83. The molecule has 2 heterocycles. The van der Waals surface area contributed by atoms with Crippen LogP contribution in [0, 0.1) is 10.1 Å². The van der Waals surface area contributed by atoms with Gasteiger partial charge in [0.25, 0.3) is 5.69 Å². The van der Waals surface area contributed by atoms with Crippen LogP contribution in [0.15, 0.2) is 52.3 Å². The molecule has 2 aliphatic heterocycles. The number of nitrogens with zero attached hydrogens (tertiary/aromatic N) is 3. The molecule has 33 heavy (non-hydrogen) atoms.